The summed E-state index contributed by atoms with van der Waals surface area (Å²) in [7, 11) is 0. The third kappa shape index (κ3) is 4.85. The van der Waals surface area contributed by atoms with Gasteiger partial charge in [-0.15, -0.1) is 0 Å². The van der Waals surface area contributed by atoms with Gasteiger partial charge in [-0.05, 0) is 47.9 Å². The number of hydrogen-bond acceptors (Lipinski definition) is 4. The predicted octanol–water partition coefficient (Wildman–Crippen LogP) is 11.8. The van der Waals surface area contributed by atoms with Crippen molar-refractivity contribution in [1.82, 2.24) is 24.1 Å². The monoisotopic (exact) mass is 704 g/mol. The molecule has 3 aromatic heterocycles. The van der Waals surface area contributed by atoms with Crippen molar-refractivity contribution in [3.63, 3.8) is 0 Å². The van der Waals surface area contributed by atoms with E-state index in [-0.39, 0.29) is 0 Å². The molecular weight excluding hydrogens is 673 g/mol. The first-order valence-corrected chi connectivity index (χ1v) is 18.4. The molecule has 258 valence electrons. The lowest BCUT2D eigenvalue weighted by Crippen LogP contribution is -2.04. The molecule has 0 spiro atoms. The molecular formula is C49H32N6. The normalized spacial score (nSPS) is 11.7. The highest BCUT2D eigenvalue weighted by Crippen LogP contribution is 2.44. The summed E-state index contributed by atoms with van der Waals surface area (Å²) in [6.45, 7) is 0. The van der Waals surface area contributed by atoms with E-state index in [1.807, 2.05) is 72.8 Å². The molecule has 11 aromatic rings. The molecule has 0 fully saturated rings. The summed E-state index contributed by atoms with van der Waals surface area (Å²) in [5, 5.41) is 7.08. The second-order valence-corrected chi connectivity index (χ2v) is 13.9. The number of hydrogen-bond donors (Lipinski definition) is 1. The number of nitrogens with zero attached hydrogens (tertiary/aromatic N) is 5. The van der Waals surface area contributed by atoms with Gasteiger partial charge in [0.1, 0.15) is 0 Å². The average Bonchev–Trinajstić information content (AvgIpc) is 3.77. The van der Waals surface area contributed by atoms with Gasteiger partial charge in [0, 0.05) is 49.3 Å². The Morgan fingerprint density at radius 3 is 1.69 bits per heavy atom. The fourth-order valence-electron chi connectivity index (χ4n) is 8.28. The topological polar surface area (TPSA) is 74.5 Å². The van der Waals surface area contributed by atoms with Crippen molar-refractivity contribution in [1.29, 1.82) is 0 Å². The summed E-state index contributed by atoms with van der Waals surface area (Å²) >= 11 is 0. The Labute approximate surface area is 316 Å². The van der Waals surface area contributed by atoms with Crippen LogP contribution in [0.2, 0.25) is 0 Å². The number of rotatable bonds is 5. The van der Waals surface area contributed by atoms with E-state index in [4.69, 9.17) is 20.7 Å². The highest BCUT2D eigenvalue weighted by molar-refractivity contribution is 6.26. The van der Waals surface area contributed by atoms with Crippen LogP contribution < -0.4 is 5.73 Å². The molecule has 6 nitrogen and oxygen atoms in total. The average molecular weight is 705 g/mol. The number of fused-ring (bicyclic) bond motifs is 8. The van der Waals surface area contributed by atoms with Crippen LogP contribution in [-0.4, -0.2) is 24.1 Å². The maximum atomic E-state index is 6.64. The Bertz CT molecular complexity index is 3210. The fourth-order valence-corrected chi connectivity index (χ4v) is 8.28. The fraction of sp³-hybridized carbons (Fsp3) is 0. The van der Waals surface area contributed by atoms with Crippen molar-refractivity contribution < 1.29 is 0 Å². The van der Waals surface area contributed by atoms with E-state index in [9.17, 15) is 0 Å². The minimum Gasteiger partial charge on any atom is -0.399 e. The van der Waals surface area contributed by atoms with E-state index in [0.717, 1.165) is 60.9 Å². The first-order chi connectivity index (χ1) is 27.2. The molecule has 0 amide bonds. The summed E-state index contributed by atoms with van der Waals surface area (Å²) in [6.07, 6.45) is 0. The summed E-state index contributed by atoms with van der Waals surface area (Å²) in [6, 6.07) is 63.3. The molecule has 0 unspecified atom stereocenters. The minimum atomic E-state index is 0.547. The van der Waals surface area contributed by atoms with Crippen LogP contribution in [0.4, 0.5) is 5.69 Å². The van der Waals surface area contributed by atoms with Gasteiger partial charge in [0.15, 0.2) is 17.5 Å². The van der Waals surface area contributed by atoms with Gasteiger partial charge in [-0.25, -0.2) is 15.0 Å². The highest BCUT2D eigenvalue weighted by Gasteiger charge is 2.24. The van der Waals surface area contributed by atoms with Gasteiger partial charge in [-0.3, -0.25) is 0 Å². The third-order valence-corrected chi connectivity index (χ3v) is 10.7. The summed E-state index contributed by atoms with van der Waals surface area (Å²) in [5.41, 5.74) is 16.4. The van der Waals surface area contributed by atoms with Crippen LogP contribution in [0.3, 0.4) is 0 Å². The maximum Gasteiger partial charge on any atom is 0.166 e. The van der Waals surface area contributed by atoms with Crippen molar-refractivity contribution in [2.45, 2.75) is 0 Å². The number of para-hydroxylation sites is 2. The maximum absolute atomic E-state index is 6.64. The molecule has 0 saturated heterocycles. The van der Waals surface area contributed by atoms with E-state index >= 15 is 0 Å². The number of nitrogen functional groups attached to an aromatic ring is 1. The SMILES string of the molecule is Nc1ccc(-n2c3ccccc3c3ccc4c(c5ccccc5n4-c4cccc5ccccc45)c32)c(-c2nc(-c3ccccc3)nc(-c3ccccc3)n2)c1. The molecule has 8 aromatic carbocycles. The molecule has 0 aliphatic carbocycles. The molecule has 3 heterocycles. The number of benzene rings is 8. The minimum absolute atomic E-state index is 0.547. The molecule has 0 aliphatic heterocycles. The van der Waals surface area contributed by atoms with Crippen LogP contribution >= 0.6 is 0 Å². The third-order valence-electron chi connectivity index (χ3n) is 10.7. The van der Waals surface area contributed by atoms with Gasteiger partial charge in [0.2, 0.25) is 0 Å². The van der Waals surface area contributed by atoms with E-state index < -0.39 is 0 Å². The van der Waals surface area contributed by atoms with Gasteiger partial charge >= 0.3 is 0 Å². The first-order valence-electron chi connectivity index (χ1n) is 18.4. The van der Waals surface area contributed by atoms with E-state index in [1.165, 1.54) is 21.5 Å². The number of nitrogens with two attached hydrogens (primary N) is 1. The Morgan fingerprint density at radius 1 is 0.382 bits per heavy atom. The molecule has 55 heavy (non-hydrogen) atoms. The number of anilines is 1. The van der Waals surface area contributed by atoms with E-state index in [1.54, 1.807) is 0 Å². The van der Waals surface area contributed by atoms with Crippen molar-refractivity contribution in [2.24, 2.45) is 0 Å². The van der Waals surface area contributed by atoms with Crippen molar-refractivity contribution >= 4 is 60.1 Å². The zero-order valence-corrected chi connectivity index (χ0v) is 29.6. The van der Waals surface area contributed by atoms with Crippen LogP contribution in [0.15, 0.2) is 182 Å². The Kier molecular flexibility index (Phi) is 6.91. The van der Waals surface area contributed by atoms with Crippen molar-refractivity contribution in [2.75, 3.05) is 5.73 Å². The predicted molar refractivity (Wildman–Crippen MR) is 227 cm³/mol. The molecule has 0 atom stereocenters. The first kappa shape index (κ1) is 31.0. The van der Waals surface area contributed by atoms with Crippen molar-refractivity contribution in [3.05, 3.63) is 182 Å². The van der Waals surface area contributed by atoms with Crippen molar-refractivity contribution in [3.8, 4) is 45.5 Å². The molecule has 0 bridgehead atoms. The standard InChI is InChI=1S/C49H32N6/c50-34-26-28-43(39(30-34)49-52-47(32-15-3-1-4-16-32)51-48(53-49)33-17-5-2-6-18-33)55-41-23-11-9-21-36(41)37-27-29-44-45(46(37)55)38-22-10-12-24-42(38)54(44)40-25-13-19-31-14-7-8-20-35(31)40/h1-30H,50H2. The molecule has 11 rings (SSSR count). The van der Waals surface area contributed by atoms with Gasteiger partial charge < -0.3 is 14.9 Å². The van der Waals surface area contributed by atoms with Gasteiger partial charge in [0.05, 0.1) is 33.4 Å². The van der Waals surface area contributed by atoms with Crippen LogP contribution in [0, 0.1) is 0 Å². The Balaban J connectivity index is 1.26. The number of aromatic nitrogens is 5. The van der Waals surface area contributed by atoms with Crippen LogP contribution in [-0.2, 0) is 0 Å². The van der Waals surface area contributed by atoms with Crippen LogP contribution in [0.5, 0.6) is 0 Å². The smallest absolute Gasteiger partial charge is 0.166 e. The highest BCUT2D eigenvalue weighted by atomic mass is 15.1. The van der Waals surface area contributed by atoms with E-state index in [0.29, 0.717) is 23.2 Å². The van der Waals surface area contributed by atoms with Crippen LogP contribution in [0.1, 0.15) is 0 Å². The summed E-state index contributed by atoms with van der Waals surface area (Å²) in [4.78, 5) is 15.3. The zero-order chi connectivity index (χ0) is 36.5. The molecule has 0 aliphatic rings. The second-order valence-electron chi connectivity index (χ2n) is 13.9. The molecule has 0 radical (unpaired) electrons. The van der Waals surface area contributed by atoms with Crippen LogP contribution in [0.25, 0.3) is 99.9 Å². The molecule has 6 heteroatoms. The zero-order valence-electron chi connectivity index (χ0n) is 29.6. The second kappa shape index (κ2) is 12.3. The van der Waals surface area contributed by atoms with Gasteiger partial charge in [-0.2, -0.15) is 0 Å². The molecule has 0 saturated carbocycles. The lowest BCUT2D eigenvalue weighted by atomic mass is 10.1. The summed E-state index contributed by atoms with van der Waals surface area (Å²) < 4.78 is 4.80. The Hall–Kier alpha value is -7.57. The lowest BCUT2D eigenvalue weighted by molar-refractivity contribution is 1.06. The molecule has 2 N–H and O–H groups in total. The van der Waals surface area contributed by atoms with Gasteiger partial charge in [-0.1, -0.05) is 140 Å². The largest absolute Gasteiger partial charge is 0.399 e. The quantitative estimate of drug-likeness (QED) is 0.181. The van der Waals surface area contributed by atoms with E-state index in [2.05, 4.69) is 118 Å². The summed E-state index contributed by atoms with van der Waals surface area (Å²) in [5.74, 6) is 1.74. The van der Waals surface area contributed by atoms with Gasteiger partial charge in [0.25, 0.3) is 0 Å². The Morgan fingerprint density at radius 2 is 0.964 bits per heavy atom. The lowest BCUT2D eigenvalue weighted by Gasteiger charge is -2.16.